The molecule has 2 fully saturated rings. The standard InChI is InChI=1S/C18H26N2O2/c1-12-4-6-14(7-5-12)17-15(3-2-10-22-17)18(21)20-16(11-19)13-8-9-13/h4-7,13,15-17H,2-3,8-11,19H2,1H3,(H,20,21). The molecule has 3 N–H and O–H groups in total. The lowest BCUT2D eigenvalue weighted by molar-refractivity contribution is -0.135. The second kappa shape index (κ2) is 6.80. The van der Waals surface area contributed by atoms with E-state index in [0.29, 0.717) is 12.5 Å². The average molecular weight is 302 g/mol. The third-order valence-electron chi connectivity index (χ3n) is 4.84. The zero-order valence-corrected chi connectivity index (χ0v) is 13.3. The molecule has 3 rings (SSSR count). The number of carbonyl (C=O) groups is 1. The molecule has 1 aliphatic carbocycles. The Morgan fingerprint density at radius 2 is 2.05 bits per heavy atom. The van der Waals surface area contributed by atoms with E-state index in [1.807, 2.05) is 0 Å². The van der Waals surface area contributed by atoms with Gasteiger partial charge >= 0.3 is 0 Å². The zero-order chi connectivity index (χ0) is 15.5. The molecule has 2 aliphatic rings. The molecule has 0 bridgehead atoms. The monoisotopic (exact) mass is 302 g/mol. The van der Waals surface area contributed by atoms with Crippen molar-refractivity contribution in [3.05, 3.63) is 35.4 Å². The lowest BCUT2D eigenvalue weighted by Crippen LogP contribution is -2.46. The van der Waals surface area contributed by atoms with Crippen LogP contribution in [0.15, 0.2) is 24.3 Å². The number of hydrogen-bond donors (Lipinski definition) is 2. The second-order valence-electron chi connectivity index (χ2n) is 6.64. The largest absolute Gasteiger partial charge is 0.373 e. The van der Waals surface area contributed by atoms with Crippen molar-refractivity contribution < 1.29 is 9.53 Å². The van der Waals surface area contributed by atoms with Crippen molar-refractivity contribution in [2.45, 2.75) is 44.8 Å². The number of ether oxygens (including phenoxy) is 1. The summed E-state index contributed by atoms with van der Waals surface area (Å²) in [7, 11) is 0. The van der Waals surface area contributed by atoms with Gasteiger partial charge in [-0.25, -0.2) is 0 Å². The molecule has 1 saturated heterocycles. The highest BCUT2D eigenvalue weighted by Crippen LogP contribution is 2.36. The van der Waals surface area contributed by atoms with Crippen LogP contribution in [0, 0.1) is 18.8 Å². The Hall–Kier alpha value is -1.39. The molecule has 4 heteroatoms. The van der Waals surface area contributed by atoms with Gasteiger partial charge < -0.3 is 15.8 Å². The SMILES string of the molecule is Cc1ccc(C2OCCCC2C(=O)NC(CN)C2CC2)cc1. The van der Waals surface area contributed by atoms with Gasteiger partial charge in [-0.2, -0.15) is 0 Å². The Morgan fingerprint density at radius 3 is 2.68 bits per heavy atom. The van der Waals surface area contributed by atoms with E-state index < -0.39 is 0 Å². The van der Waals surface area contributed by atoms with E-state index in [2.05, 4.69) is 36.5 Å². The molecule has 120 valence electrons. The van der Waals surface area contributed by atoms with Crippen LogP contribution in [0.5, 0.6) is 0 Å². The summed E-state index contributed by atoms with van der Waals surface area (Å²) in [5.74, 6) is 0.577. The van der Waals surface area contributed by atoms with Crippen molar-refractivity contribution in [3.63, 3.8) is 0 Å². The van der Waals surface area contributed by atoms with Crippen LogP contribution in [0.2, 0.25) is 0 Å². The van der Waals surface area contributed by atoms with E-state index in [1.54, 1.807) is 0 Å². The van der Waals surface area contributed by atoms with Crippen LogP contribution < -0.4 is 11.1 Å². The van der Waals surface area contributed by atoms with Gasteiger partial charge in [-0.3, -0.25) is 4.79 Å². The molecule has 1 amide bonds. The number of rotatable bonds is 5. The minimum atomic E-state index is -0.132. The molecule has 4 nitrogen and oxygen atoms in total. The molecule has 3 atom stereocenters. The van der Waals surface area contributed by atoms with Gasteiger partial charge in [0.15, 0.2) is 0 Å². The smallest absolute Gasteiger partial charge is 0.226 e. The molecule has 0 spiro atoms. The van der Waals surface area contributed by atoms with Gasteiger partial charge in [0.05, 0.1) is 12.0 Å². The normalized spacial score (nSPS) is 26.5. The number of benzene rings is 1. The highest BCUT2D eigenvalue weighted by molar-refractivity contribution is 5.80. The van der Waals surface area contributed by atoms with Crippen LogP contribution in [0.25, 0.3) is 0 Å². The van der Waals surface area contributed by atoms with Crippen molar-refractivity contribution in [3.8, 4) is 0 Å². The number of hydrogen-bond acceptors (Lipinski definition) is 3. The number of nitrogens with two attached hydrogens (primary N) is 1. The average Bonchev–Trinajstić information content (AvgIpc) is 3.38. The van der Waals surface area contributed by atoms with Gasteiger partial charge in [0.2, 0.25) is 5.91 Å². The number of carbonyl (C=O) groups excluding carboxylic acids is 1. The molecule has 1 saturated carbocycles. The first-order chi connectivity index (χ1) is 10.7. The maximum atomic E-state index is 12.7. The summed E-state index contributed by atoms with van der Waals surface area (Å²) < 4.78 is 5.94. The summed E-state index contributed by atoms with van der Waals surface area (Å²) in [6.45, 7) is 3.32. The topological polar surface area (TPSA) is 64.3 Å². The van der Waals surface area contributed by atoms with Gasteiger partial charge in [-0.15, -0.1) is 0 Å². The summed E-state index contributed by atoms with van der Waals surface area (Å²) in [6, 6.07) is 8.44. The van der Waals surface area contributed by atoms with E-state index in [1.165, 1.54) is 18.4 Å². The highest BCUT2D eigenvalue weighted by atomic mass is 16.5. The molecular weight excluding hydrogens is 276 g/mol. The first kappa shape index (κ1) is 15.5. The molecule has 1 aromatic rings. The third kappa shape index (κ3) is 3.50. The van der Waals surface area contributed by atoms with E-state index in [9.17, 15) is 4.79 Å². The van der Waals surface area contributed by atoms with E-state index in [-0.39, 0.29) is 24.0 Å². The molecule has 0 radical (unpaired) electrons. The molecule has 22 heavy (non-hydrogen) atoms. The van der Waals surface area contributed by atoms with Crippen molar-refractivity contribution in [1.29, 1.82) is 0 Å². The number of amides is 1. The molecular formula is C18H26N2O2. The first-order valence-corrected chi connectivity index (χ1v) is 8.37. The Labute approximate surface area is 132 Å². The summed E-state index contributed by atoms with van der Waals surface area (Å²) in [5.41, 5.74) is 8.13. The summed E-state index contributed by atoms with van der Waals surface area (Å²) in [6.07, 6.45) is 4.06. The summed E-state index contributed by atoms with van der Waals surface area (Å²) in [5, 5.41) is 3.17. The Bertz CT molecular complexity index is 510. The van der Waals surface area contributed by atoms with Gasteiger partial charge in [0, 0.05) is 19.2 Å². The maximum Gasteiger partial charge on any atom is 0.226 e. The zero-order valence-electron chi connectivity index (χ0n) is 13.3. The van der Waals surface area contributed by atoms with Gasteiger partial charge in [0.1, 0.15) is 0 Å². The second-order valence-corrected chi connectivity index (χ2v) is 6.64. The fourth-order valence-electron chi connectivity index (χ4n) is 3.29. The Morgan fingerprint density at radius 1 is 1.32 bits per heavy atom. The van der Waals surface area contributed by atoms with Crippen LogP contribution in [0.4, 0.5) is 0 Å². The van der Waals surface area contributed by atoms with Crippen LogP contribution in [0.1, 0.15) is 42.9 Å². The van der Waals surface area contributed by atoms with E-state index >= 15 is 0 Å². The first-order valence-electron chi connectivity index (χ1n) is 8.37. The van der Waals surface area contributed by atoms with Crippen LogP contribution >= 0.6 is 0 Å². The summed E-state index contributed by atoms with van der Waals surface area (Å²) in [4.78, 5) is 12.7. The van der Waals surface area contributed by atoms with Crippen LogP contribution in [-0.4, -0.2) is 25.1 Å². The van der Waals surface area contributed by atoms with Crippen molar-refractivity contribution in [2.75, 3.05) is 13.2 Å². The predicted octanol–water partition coefficient (Wildman–Crippen LogP) is 2.32. The van der Waals surface area contributed by atoms with Crippen LogP contribution in [0.3, 0.4) is 0 Å². The summed E-state index contributed by atoms with van der Waals surface area (Å²) >= 11 is 0. The van der Waals surface area contributed by atoms with Crippen molar-refractivity contribution >= 4 is 5.91 Å². The molecule has 3 unspecified atom stereocenters. The van der Waals surface area contributed by atoms with Crippen molar-refractivity contribution in [2.24, 2.45) is 17.6 Å². The maximum absolute atomic E-state index is 12.7. The third-order valence-corrected chi connectivity index (χ3v) is 4.84. The van der Waals surface area contributed by atoms with Crippen LogP contribution in [-0.2, 0) is 9.53 Å². The number of aryl methyl sites for hydroxylation is 1. The lowest BCUT2D eigenvalue weighted by Gasteiger charge is -2.32. The highest BCUT2D eigenvalue weighted by Gasteiger charge is 2.37. The Kier molecular flexibility index (Phi) is 4.79. The fraction of sp³-hybridized carbons (Fsp3) is 0.611. The van der Waals surface area contributed by atoms with Gasteiger partial charge in [0.25, 0.3) is 0 Å². The molecule has 1 heterocycles. The van der Waals surface area contributed by atoms with E-state index in [0.717, 1.165) is 25.0 Å². The van der Waals surface area contributed by atoms with Gasteiger partial charge in [-0.05, 0) is 44.1 Å². The predicted molar refractivity (Wildman–Crippen MR) is 86.3 cm³/mol. The quantitative estimate of drug-likeness (QED) is 0.877. The fourth-order valence-corrected chi connectivity index (χ4v) is 3.29. The Balaban J connectivity index is 1.71. The lowest BCUT2D eigenvalue weighted by atomic mass is 9.88. The molecule has 0 aromatic heterocycles. The molecule has 1 aromatic carbocycles. The number of nitrogens with one attached hydrogen (secondary N) is 1. The van der Waals surface area contributed by atoms with Gasteiger partial charge in [-0.1, -0.05) is 29.8 Å². The molecule has 1 aliphatic heterocycles. The van der Waals surface area contributed by atoms with Crippen molar-refractivity contribution in [1.82, 2.24) is 5.32 Å². The minimum absolute atomic E-state index is 0.104. The minimum Gasteiger partial charge on any atom is -0.373 e. The van der Waals surface area contributed by atoms with E-state index in [4.69, 9.17) is 10.5 Å².